The van der Waals surface area contributed by atoms with Crippen molar-refractivity contribution in [2.24, 2.45) is 0 Å². The number of aromatic nitrogens is 4. The number of aryl methyl sites for hydroxylation is 1. The molecule has 1 N–H and O–H groups in total. The topological polar surface area (TPSA) is 81.9 Å². The van der Waals surface area contributed by atoms with Crippen LogP contribution >= 0.6 is 0 Å². The second-order valence-electron chi connectivity index (χ2n) is 5.22. The first-order valence-electron chi connectivity index (χ1n) is 7.47. The van der Waals surface area contributed by atoms with Gasteiger partial charge in [0.2, 0.25) is 11.8 Å². The summed E-state index contributed by atoms with van der Waals surface area (Å²) in [5.41, 5.74) is 1.70. The van der Waals surface area contributed by atoms with Gasteiger partial charge in [0.25, 0.3) is 0 Å². The summed E-state index contributed by atoms with van der Waals surface area (Å²) in [7, 11) is 0. The molecule has 3 aromatic rings. The zero-order valence-corrected chi connectivity index (χ0v) is 13.2. The van der Waals surface area contributed by atoms with E-state index >= 15 is 0 Å². The maximum Gasteiger partial charge on any atom is 0.240 e. The number of ether oxygens (including phenoxy) is 1. The molecule has 24 heavy (non-hydrogen) atoms. The molecule has 0 saturated carbocycles. The molecular formula is C17H17N5O2. The van der Waals surface area contributed by atoms with E-state index < -0.39 is 0 Å². The molecule has 3 heterocycles. The minimum Gasteiger partial charge on any atom is -0.437 e. The number of amides is 1. The van der Waals surface area contributed by atoms with Crippen LogP contribution in [-0.2, 0) is 17.9 Å². The van der Waals surface area contributed by atoms with Gasteiger partial charge in [0.05, 0.1) is 12.5 Å². The van der Waals surface area contributed by atoms with Crippen LogP contribution in [0.5, 0.6) is 11.6 Å². The van der Waals surface area contributed by atoms with Crippen LogP contribution in [0.2, 0.25) is 0 Å². The first-order chi connectivity index (χ1) is 11.7. The molecule has 0 bridgehead atoms. The van der Waals surface area contributed by atoms with Crippen LogP contribution in [0.15, 0.2) is 55.4 Å². The molecule has 0 aliphatic rings. The Morgan fingerprint density at radius 2 is 2.17 bits per heavy atom. The summed E-state index contributed by atoms with van der Waals surface area (Å²) < 4.78 is 7.46. The van der Waals surface area contributed by atoms with Crippen molar-refractivity contribution in [3.63, 3.8) is 0 Å². The summed E-state index contributed by atoms with van der Waals surface area (Å²) >= 11 is 0. The molecule has 0 atom stereocenters. The molecular weight excluding hydrogens is 306 g/mol. The minimum atomic E-state index is -0.111. The van der Waals surface area contributed by atoms with Gasteiger partial charge in [-0.15, -0.1) is 0 Å². The second-order valence-corrected chi connectivity index (χ2v) is 5.22. The second kappa shape index (κ2) is 7.36. The van der Waals surface area contributed by atoms with E-state index in [1.54, 1.807) is 41.7 Å². The van der Waals surface area contributed by atoms with Gasteiger partial charge in [0.1, 0.15) is 12.3 Å². The van der Waals surface area contributed by atoms with E-state index in [4.69, 9.17) is 4.74 Å². The van der Waals surface area contributed by atoms with Crippen molar-refractivity contribution in [2.45, 2.75) is 20.0 Å². The minimum absolute atomic E-state index is 0.111. The van der Waals surface area contributed by atoms with Crippen molar-refractivity contribution in [1.82, 2.24) is 24.8 Å². The van der Waals surface area contributed by atoms with Gasteiger partial charge < -0.3 is 14.6 Å². The number of pyridine rings is 2. The molecule has 7 heteroatoms. The van der Waals surface area contributed by atoms with E-state index in [0.717, 1.165) is 11.3 Å². The third-order valence-electron chi connectivity index (χ3n) is 3.31. The molecule has 1 amide bonds. The van der Waals surface area contributed by atoms with Crippen molar-refractivity contribution in [1.29, 1.82) is 0 Å². The number of imidazole rings is 1. The standard InChI is InChI=1S/C17H17N5O2/c1-13-4-5-15(10-20-13)24-17-14(3-2-6-19-17)9-21-16(23)11-22-8-7-18-12-22/h2-8,10,12H,9,11H2,1H3,(H,21,23). The summed E-state index contributed by atoms with van der Waals surface area (Å²) in [5, 5.41) is 2.85. The fourth-order valence-electron chi connectivity index (χ4n) is 2.07. The molecule has 0 aromatic carbocycles. The summed E-state index contributed by atoms with van der Waals surface area (Å²) in [5.74, 6) is 0.941. The predicted molar refractivity (Wildman–Crippen MR) is 87.4 cm³/mol. The fraction of sp³-hybridized carbons (Fsp3) is 0.176. The van der Waals surface area contributed by atoms with Gasteiger partial charge in [-0.1, -0.05) is 6.07 Å². The first-order valence-corrected chi connectivity index (χ1v) is 7.47. The quantitative estimate of drug-likeness (QED) is 0.751. The summed E-state index contributed by atoms with van der Waals surface area (Å²) in [4.78, 5) is 24.3. The van der Waals surface area contributed by atoms with E-state index in [-0.39, 0.29) is 12.5 Å². The Bertz CT molecular complexity index is 800. The van der Waals surface area contributed by atoms with Gasteiger partial charge in [-0.25, -0.2) is 9.97 Å². The fourth-order valence-corrected chi connectivity index (χ4v) is 2.07. The smallest absolute Gasteiger partial charge is 0.240 e. The van der Waals surface area contributed by atoms with E-state index in [1.807, 2.05) is 25.1 Å². The molecule has 0 radical (unpaired) electrons. The average Bonchev–Trinajstić information content (AvgIpc) is 3.09. The highest BCUT2D eigenvalue weighted by molar-refractivity contribution is 5.75. The van der Waals surface area contributed by atoms with Crippen molar-refractivity contribution < 1.29 is 9.53 Å². The Morgan fingerprint density at radius 3 is 2.92 bits per heavy atom. The lowest BCUT2D eigenvalue weighted by molar-refractivity contribution is -0.121. The number of hydrogen-bond donors (Lipinski definition) is 1. The highest BCUT2D eigenvalue weighted by Crippen LogP contribution is 2.22. The maximum atomic E-state index is 12.0. The number of hydrogen-bond acceptors (Lipinski definition) is 5. The number of nitrogens with one attached hydrogen (secondary N) is 1. The lowest BCUT2D eigenvalue weighted by Crippen LogP contribution is -2.26. The van der Waals surface area contributed by atoms with E-state index in [2.05, 4.69) is 20.3 Å². The van der Waals surface area contributed by atoms with E-state index in [0.29, 0.717) is 18.2 Å². The van der Waals surface area contributed by atoms with Crippen LogP contribution in [0.25, 0.3) is 0 Å². The molecule has 0 spiro atoms. The van der Waals surface area contributed by atoms with Crippen LogP contribution in [0, 0.1) is 6.92 Å². The van der Waals surface area contributed by atoms with Crippen LogP contribution in [0.1, 0.15) is 11.3 Å². The third-order valence-corrected chi connectivity index (χ3v) is 3.31. The largest absolute Gasteiger partial charge is 0.437 e. The lowest BCUT2D eigenvalue weighted by Gasteiger charge is -2.11. The van der Waals surface area contributed by atoms with Crippen LogP contribution < -0.4 is 10.1 Å². The third kappa shape index (κ3) is 4.16. The molecule has 7 nitrogen and oxygen atoms in total. The van der Waals surface area contributed by atoms with Gasteiger partial charge in [-0.2, -0.15) is 0 Å². The van der Waals surface area contributed by atoms with Gasteiger partial charge in [-0.3, -0.25) is 9.78 Å². The lowest BCUT2D eigenvalue weighted by atomic mass is 10.2. The van der Waals surface area contributed by atoms with E-state index in [9.17, 15) is 4.79 Å². The SMILES string of the molecule is Cc1ccc(Oc2ncccc2CNC(=O)Cn2ccnc2)cn1. The molecule has 0 fully saturated rings. The van der Waals surface area contributed by atoms with Crippen molar-refractivity contribution in [3.8, 4) is 11.6 Å². The van der Waals surface area contributed by atoms with Crippen LogP contribution in [0.3, 0.4) is 0 Å². The number of rotatable bonds is 6. The number of carbonyl (C=O) groups is 1. The molecule has 3 rings (SSSR count). The predicted octanol–water partition coefficient (Wildman–Crippen LogP) is 2.09. The Balaban J connectivity index is 1.63. The van der Waals surface area contributed by atoms with Crippen molar-refractivity contribution >= 4 is 5.91 Å². The van der Waals surface area contributed by atoms with Gasteiger partial charge in [0, 0.05) is 36.4 Å². The number of carbonyl (C=O) groups excluding carboxylic acids is 1. The van der Waals surface area contributed by atoms with Crippen LogP contribution in [-0.4, -0.2) is 25.4 Å². The normalized spacial score (nSPS) is 10.4. The van der Waals surface area contributed by atoms with Gasteiger partial charge >= 0.3 is 0 Å². The van der Waals surface area contributed by atoms with Crippen molar-refractivity contribution in [3.05, 3.63) is 66.6 Å². The van der Waals surface area contributed by atoms with Crippen molar-refractivity contribution in [2.75, 3.05) is 0 Å². The zero-order valence-electron chi connectivity index (χ0n) is 13.2. The Hall–Kier alpha value is -3.22. The summed E-state index contributed by atoms with van der Waals surface area (Å²) in [6.07, 6.45) is 8.26. The Kier molecular flexibility index (Phi) is 4.81. The zero-order chi connectivity index (χ0) is 16.8. The Labute approximate surface area is 139 Å². The summed E-state index contributed by atoms with van der Waals surface area (Å²) in [6, 6.07) is 7.36. The molecule has 0 aliphatic carbocycles. The highest BCUT2D eigenvalue weighted by Gasteiger charge is 2.09. The molecule has 0 saturated heterocycles. The van der Waals surface area contributed by atoms with Gasteiger partial charge in [-0.05, 0) is 25.1 Å². The summed E-state index contributed by atoms with van der Waals surface area (Å²) in [6.45, 7) is 2.46. The molecule has 0 unspecified atom stereocenters. The average molecular weight is 323 g/mol. The maximum absolute atomic E-state index is 12.0. The van der Waals surface area contributed by atoms with Gasteiger partial charge in [0.15, 0.2) is 0 Å². The van der Waals surface area contributed by atoms with Crippen LogP contribution in [0.4, 0.5) is 0 Å². The Morgan fingerprint density at radius 1 is 1.25 bits per heavy atom. The molecule has 122 valence electrons. The first kappa shape index (κ1) is 15.7. The molecule has 3 aromatic heterocycles. The van der Waals surface area contributed by atoms with E-state index in [1.165, 1.54) is 0 Å². The molecule has 0 aliphatic heterocycles. The number of nitrogens with zero attached hydrogens (tertiary/aromatic N) is 4. The monoisotopic (exact) mass is 323 g/mol. The highest BCUT2D eigenvalue weighted by atomic mass is 16.5.